The Morgan fingerprint density at radius 3 is 2.60 bits per heavy atom. The molecule has 0 aromatic heterocycles. The van der Waals surface area contributed by atoms with E-state index in [9.17, 15) is 0 Å². The Balaban J connectivity index is 3.88. The van der Waals surface area contributed by atoms with E-state index in [4.69, 9.17) is 0 Å². The fourth-order valence-electron chi connectivity index (χ4n) is 0.503. The molecule has 0 saturated carbocycles. The van der Waals surface area contributed by atoms with Crippen LogP contribution in [-0.2, 0) is 0 Å². The molecule has 0 radical (unpaired) electrons. The first-order valence-corrected chi connectivity index (χ1v) is 4.21. The van der Waals surface area contributed by atoms with Gasteiger partial charge in [0, 0.05) is 10.6 Å². The van der Waals surface area contributed by atoms with Gasteiger partial charge in [-0.15, -0.1) is 11.8 Å². The predicted octanol–water partition coefficient (Wildman–Crippen LogP) is 2.50. The summed E-state index contributed by atoms with van der Waals surface area (Å²) in [4.78, 5) is 1.05. The first kappa shape index (κ1) is 9.37. The van der Waals surface area contributed by atoms with Gasteiger partial charge in [-0.1, -0.05) is 13.2 Å². The molecule has 0 rings (SSSR count). The summed E-state index contributed by atoms with van der Waals surface area (Å²) in [6, 6.07) is 0. The highest BCUT2D eigenvalue weighted by Gasteiger charge is 1.85. The average Bonchev–Trinajstić information content (AvgIpc) is 1.88. The molecule has 0 aliphatic heterocycles. The Morgan fingerprint density at radius 2 is 2.20 bits per heavy atom. The molecule has 0 spiro atoms. The Labute approximate surface area is 66.9 Å². The van der Waals surface area contributed by atoms with Crippen molar-refractivity contribution < 1.29 is 0 Å². The fourth-order valence-corrected chi connectivity index (χ4v) is 0.798. The van der Waals surface area contributed by atoms with E-state index < -0.39 is 0 Å². The summed E-state index contributed by atoms with van der Waals surface area (Å²) in [6.07, 6.45) is 5.63. The SMILES string of the molecule is C=CN/C(C)=C/C(=C)SC. The summed E-state index contributed by atoms with van der Waals surface area (Å²) in [5.41, 5.74) is 1.06. The van der Waals surface area contributed by atoms with Crippen LogP contribution in [-0.4, -0.2) is 6.26 Å². The zero-order chi connectivity index (χ0) is 7.98. The van der Waals surface area contributed by atoms with E-state index in [-0.39, 0.29) is 0 Å². The summed E-state index contributed by atoms with van der Waals surface area (Å²) in [7, 11) is 0. The lowest BCUT2D eigenvalue weighted by Crippen LogP contribution is -1.99. The van der Waals surface area contributed by atoms with Crippen LogP contribution in [0.25, 0.3) is 0 Å². The maximum absolute atomic E-state index is 3.81. The molecule has 0 aliphatic rings. The summed E-state index contributed by atoms with van der Waals surface area (Å²) >= 11 is 1.63. The maximum Gasteiger partial charge on any atom is 0.0125 e. The topological polar surface area (TPSA) is 12.0 Å². The van der Waals surface area contributed by atoms with Crippen LogP contribution in [0.2, 0.25) is 0 Å². The number of thioether (sulfide) groups is 1. The van der Waals surface area contributed by atoms with Crippen molar-refractivity contribution in [1.29, 1.82) is 0 Å². The van der Waals surface area contributed by atoms with Crippen molar-refractivity contribution in [2.24, 2.45) is 0 Å². The zero-order valence-corrected chi connectivity index (χ0v) is 7.29. The van der Waals surface area contributed by atoms with E-state index in [1.807, 2.05) is 19.3 Å². The van der Waals surface area contributed by atoms with E-state index in [2.05, 4.69) is 18.5 Å². The first-order valence-electron chi connectivity index (χ1n) is 2.99. The van der Waals surface area contributed by atoms with Crippen LogP contribution >= 0.6 is 11.8 Å². The van der Waals surface area contributed by atoms with Crippen molar-refractivity contribution in [3.63, 3.8) is 0 Å². The van der Waals surface area contributed by atoms with E-state index in [1.165, 1.54) is 0 Å². The molecule has 0 unspecified atom stereocenters. The van der Waals surface area contributed by atoms with Gasteiger partial charge in [0.25, 0.3) is 0 Å². The van der Waals surface area contributed by atoms with Gasteiger partial charge in [-0.2, -0.15) is 0 Å². The maximum atomic E-state index is 3.81. The molecule has 0 bridgehead atoms. The molecule has 0 heterocycles. The lowest BCUT2D eigenvalue weighted by molar-refractivity contribution is 1.06. The lowest BCUT2D eigenvalue weighted by atomic mass is 10.4. The van der Waals surface area contributed by atoms with Crippen molar-refractivity contribution in [1.82, 2.24) is 5.32 Å². The van der Waals surface area contributed by atoms with E-state index >= 15 is 0 Å². The van der Waals surface area contributed by atoms with E-state index in [1.54, 1.807) is 18.0 Å². The highest BCUT2D eigenvalue weighted by atomic mass is 32.2. The minimum atomic E-state index is 1.05. The van der Waals surface area contributed by atoms with E-state index in [0.717, 1.165) is 10.6 Å². The second kappa shape index (κ2) is 5.18. The summed E-state index contributed by atoms with van der Waals surface area (Å²) < 4.78 is 0. The molecule has 1 N–H and O–H groups in total. The van der Waals surface area contributed by atoms with Crippen LogP contribution < -0.4 is 5.32 Å². The number of nitrogens with one attached hydrogen (secondary N) is 1. The van der Waals surface area contributed by atoms with Gasteiger partial charge in [-0.05, 0) is 25.5 Å². The molecule has 0 atom stereocenters. The summed E-state index contributed by atoms with van der Waals surface area (Å²) in [5, 5.41) is 2.96. The van der Waals surface area contributed by atoms with Gasteiger partial charge < -0.3 is 5.32 Å². The third-order valence-corrected chi connectivity index (χ3v) is 1.61. The van der Waals surface area contributed by atoms with E-state index in [0.29, 0.717) is 0 Å². The minimum Gasteiger partial charge on any atom is -0.366 e. The quantitative estimate of drug-likeness (QED) is 0.626. The Morgan fingerprint density at radius 1 is 1.60 bits per heavy atom. The van der Waals surface area contributed by atoms with Crippen molar-refractivity contribution >= 4 is 11.8 Å². The largest absolute Gasteiger partial charge is 0.366 e. The second-order valence-corrected chi connectivity index (χ2v) is 2.78. The third kappa shape index (κ3) is 4.27. The van der Waals surface area contributed by atoms with Gasteiger partial charge in [-0.3, -0.25) is 0 Å². The monoisotopic (exact) mass is 155 g/mol. The predicted molar refractivity (Wildman–Crippen MR) is 49.7 cm³/mol. The van der Waals surface area contributed by atoms with Crippen LogP contribution in [0.5, 0.6) is 0 Å². The third-order valence-electron chi connectivity index (χ3n) is 0.969. The number of hydrogen-bond acceptors (Lipinski definition) is 2. The molecular weight excluding hydrogens is 142 g/mol. The number of hydrogen-bond donors (Lipinski definition) is 1. The number of rotatable bonds is 4. The zero-order valence-electron chi connectivity index (χ0n) is 6.48. The van der Waals surface area contributed by atoms with Gasteiger partial charge in [-0.25, -0.2) is 0 Å². The molecule has 2 heteroatoms. The molecule has 0 aliphatic carbocycles. The van der Waals surface area contributed by atoms with Gasteiger partial charge in [0.1, 0.15) is 0 Å². The van der Waals surface area contributed by atoms with Gasteiger partial charge in [0.15, 0.2) is 0 Å². The molecule has 1 nitrogen and oxygen atoms in total. The normalized spacial score (nSPS) is 10.8. The van der Waals surface area contributed by atoms with Crippen molar-refractivity contribution in [2.45, 2.75) is 6.92 Å². The molecule has 0 aromatic carbocycles. The lowest BCUT2D eigenvalue weighted by Gasteiger charge is -1.99. The van der Waals surface area contributed by atoms with Crippen LogP contribution in [0.3, 0.4) is 0 Å². The average molecular weight is 155 g/mol. The number of allylic oxidation sites excluding steroid dienone is 2. The van der Waals surface area contributed by atoms with Crippen LogP contribution in [0.4, 0.5) is 0 Å². The Bertz CT molecular complexity index is 159. The van der Waals surface area contributed by atoms with Crippen molar-refractivity contribution in [2.75, 3.05) is 6.26 Å². The Hall–Kier alpha value is -0.630. The van der Waals surface area contributed by atoms with Gasteiger partial charge >= 0.3 is 0 Å². The molecule has 10 heavy (non-hydrogen) atoms. The van der Waals surface area contributed by atoms with Crippen LogP contribution in [0.15, 0.2) is 36.0 Å². The van der Waals surface area contributed by atoms with Crippen molar-refractivity contribution in [3.05, 3.63) is 36.0 Å². The molecule has 0 aromatic rings. The fraction of sp³-hybridized carbons (Fsp3) is 0.250. The van der Waals surface area contributed by atoms with Crippen LogP contribution in [0.1, 0.15) is 6.92 Å². The molecule has 56 valence electrons. The highest BCUT2D eigenvalue weighted by molar-refractivity contribution is 8.02. The van der Waals surface area contributed by atoms with Gasteiger partial charge in [0.05, 0.1) is 0 Å². The Kier molecular flexibility index (Phi) is 4.85. The molecule has 0 amide bonds. The van der Waals surface area contributed by atoms with Gasteiger partial charge in [0.2, 0.25) is 0 Å². The second-order valence-electron chi connectivity index (χ2n) is 1.85. The summed E-state index contributed by atoms with van der Waals surface area (Å²) in [5.74, 6) is 0. The molecular formula is C8H13NS. The standard InChI is InChI=1S/C8H13NS/c1-5-9-7(2)6-8(3)10-4/h5-6,9H,1,3H2,2,4H3/b7-6+. The smallest absolute Gasteiger partial charge is 0.0125 e. The minimum absolute atomic E-state index is 1.05. The van der Waals surface area contributed by atoms with Crippen molar-refractivity contribution in [3.8, 4) is 0 Å². The van der Waals surface area contributed by atoms with Crippen LogP contribution in [0, 0.1) is 0 Å². The first-order chi connectivity index (χ1) is 4.70. The molecule has 0 fully saturated rings. The highest BCUT2D eigenvalue weighted by Crippen LogP contribution is 2.10. The molecule has 0 saturated heterocycles. The summed E-state index contributed by atoms with van der Waals surface area (Å²) in [6.45, 7) is 9.33.